The molecule has 0 radical (unpaired) electrons. The van der Waals surface area contributed by atoms with Crippen molar-refractivity contribution in [3.63, 3.8) is 0 Å². The monoisotopic (exact) mass is 775 g/mol. The molecule has 0 saturated carbocycles. The average Bonchev–Trinajstić information content (AvgIpc) is 3.14. The van der Waals surface area contributed by atoms with Crippen molar-refractivity contribution in [3.05, 3.63) is 24.3 Å². The van der Waals surface area contributed by atoms with Gasteiger partial charge in [-0.05, 0) is 64.2 Å². The number of carbonyl (C=O) groups is 2. The maximum absolute atomic E-state index is 12.6. The minimum Gasteiger partial charge on any atom is -0.462 e. The summed E-state index contributed by atoms with van der Waals surface area (Å²) in [5, 5.41) is 18.3. The van der Waals surface area contributed by atoms with E-state index < -0.39 is 51.8 Å². The molecule has 0 aromatic heterocycles. The second-order valence-corrected chi connectivity index (χ2v) is 15.8. The molecule has 0 saturated heterocycles. The lowest BCUT2D eigenvalue weighted by Gasteiger charge is -2.20. The highest BCUT2D eigenvalue weighted by atomic mass is 31.2. The molecule has 11 heteroatoms. The highest BCUT2D eigenvalue weighted by Crippen LogP contribution is 2.43. The third kappa shape index (κ3) is 38.5. The van der Waals surface area contributed by atoms with E-state index in [1.54, 1.807) is 0 Å². The SMILES string of the molecule is CCCCCCCC/C=C\CCCCCCCC(=O)OC[C@H](COP(=O)(O)OC[C@@H](O)CO)OC(=O)CCCCCCC/C=C\CCCCCCCC. The van der Waals surface area contributed by atoms with Gasteiger partial charge in [0.25, 0.3) is 0 Å². The van der Waals surface area contributed by atoms with E-state index in [0.717, 1.165) is 70.6 Å². The van der Waals surface area contributed by atoms with Gasteiger partial charge in [-0.3, -0.25) is 18.6 Å². The number of carbonyl (C=O) groups excluding carboxylic acids is 2. The summed E-state index contributed by atoms with van der Waals surface area (Å²) in [6.07, 6.45) is 37.1. The fourth-order valence-corrected chi connectivity index (χ4v) is 6.54. The Bertz CT molecular complexity index is 941. The van der Waals surface area contributed by atoms with Gasteiger partial charge in [-0.25, -0.2) is 4.57 Å². The molecule has 0 heterocycles. The Labute approximate surface area is 323 Å². The Hall–Kier alpha value is -1.55. The lowest BCUT2D eigenvalue weighted by atomic mass is 10.1. The van der Waals surface area contributed by atoms with Crippen LogP contribution in [-0.4, -0.2) is 65.7 Å². The molecule has 0 spiro atoms. The summed E-state index contributed by atoms with van der Waals surface area (Å²) in [5.41, 5.74) is 0. The van der Waals surface area contributed by atoms with E-state index in [1.807, 2.05) is 0 Å². The van der Waals surface area contributed by atoms with Crippen LogP contribution in [-0.2, 0) is 32.7 Å². The third-order valence-corrected chi connectivity index (χ3v) is 10.0. The smallest absolute Gasteiger partial charge is 0.462 e. The van der Waals surface area contributed by atoms with E-state index in [4.69, 9.17) is 19.1 Å². The van der Waals surface area contributed by atoms with Crippen molar-refractivity contribution < 1.29 is 47.8 Å². The summed E-state index contributed by atoms with van der Waals surface area (Å²) in [7, 11) is -4.62. The van der Waals surface area contributed by atoms with Gasteiger partial charge in [0.1, 0.15) is 12.7 Å². The van der Waals surface area contributed by atoms with Crippen LogP contribution in [0.4, 0.5) is 0 Å². The van der Waals surface area contributed by atoms with Gasteiger partial charge in [-0.1, -0.05) is 141 Å². The zero-order chi connectivity index (χ0) is 39.1. The van der Waals surface area contributed by atoms with Gasteiger partial charge < -0.3 is 24.6 Å². The lowest BCUT2D eigenvalue weighted by molar-refractivity contribution is -0.161. The number of hydrogen-bond acceptors (Lipinski definition) is 9. The Kier molecular flexibility index (Phi) is 37.6. The van der Waals surface area contributed by atoms with E-state index in [9.17, 15) is 24.2 Å². The molecule has 312 valence electrons. The fourth-order valence-electron chi connectivity index (χ4n) is 5.75. The molecule has 0 fully saturated rings. The number of hydrogen-bond donors (Lipinski definition) is 3. The molecule has 3 N–H and O–H groups in total. The molecule has 0 amide bonds. The minimum absolute atomic E-state index is 0.174. The van der Waals surface area contributed by atoms with Gasteiger partial charge in [0.15, 0.2) is 6.10 Å². The van der Waals surface area contributed by atoms with Crippen LogP contribution in [0.5, 0.6) is 0 Å². The highest BCUT2D eigenvalue weighted by Gasteiger charge is 2.27. The Balaban J connectivity index is 4.33. The molecule has 0 aromatic carbocycles. The summed E-state index contributed by atoms with van der Waals surface area (Å²) in [6.45, 7) is 2.36. The van der Waals surface area contributed by atoms with Crippen LogP contribution in [0.15, 0.2) is 24.3 Å². The van der Waals surface area contributed by atoms with Crippen molar-refractivity contribution in [2.45, 2.75) is 206 Å². The summed E-state index contributed by atoms with van der Waals surface area (Å²) < 4.78 is 32.7. The molecule has 0 bridgehead atoms. The lowest BCUT2D eigenvalue weighted by Crippen LogP contribution is -2.29. The van der Waals surface area contributed by atoms with Crippen molar-refractivity contribution >= 4 is 19.8 Å². The average molecular weight is 775 g/mol. The Morgan fingerprint density at radius 1 is 0.547 bits per heavy atom. The van der Waals surface area contributed by atoms with E-state index in [-0.39, 0.29) is 19.4 Å². The topological polar surface area (TPSA) is 149 Å². The van der Waals surface area contributed by atoms with E-state index >= 15 is 0 Å². The predicted molar refractivity (Wildman–Crippen MR) is 215 cm³/mol. The number of aliphatic hydroxyl groups excluding tert-OH is 2. The summed E-state index contributed by atoms with van der Waals surface area (Å²) in [5.74, 6) is -0.940. The van der Waals surface area contributed by atoms with Crippen molar-refractivity contribution in [2.24, 2.45) is 0 Å². The number of ether oxygens (including phenoxy) is 2. The van der Waals surface area contributed by atoms with Gasteiger partial charge >= 0.3 is 19.8 Å². The van der Waals surface area contributed by atoms with Gasteiger partial charge in [0.2, 0.25) is 0 Å². The zero-order valence-electron chi connectivity index (χ0n) is 33.7. The number of unbranched alkanes of at least 4 members (excludes halogenated alkanes) is 22. The van der Waals surface area contributed by atoms with Crippen molar-refractivity contribution in [2.75, 3.05) is 26.4 Å². The second-order valence-electron chi connectivity index (χ2n) is 14.4. The molecular formula is C42H79O10P. The Morgan fingerprint density at radius 2 is 0.925 bits per heavy atom. The van der Waals surface area contributed by atoms with Crippen molar-refractivity contribution in [1.29, 1.82) is 0 Å². The van der Waals surface area contributed by atoms with Gasteiger partial charge in [-0.2, -0.15) is 0 Å². The first-order valence-corrected chi connectivity index (χ1v) is 22.8. The molecule has 0 aliphatic carbocycles. The van der Waals surface area contributed by atoms with Crippen molar-refractivity contribution in [3.8, 4) is 0 Å². The van der Waals surface area contributed by atoms with Crippen LogP contribution in [0.3, 0.4) is 0 Å². The number of phosphoric ester groups is 1. The number of rotatable bonds is 40. The van der Waals surface area contributed by atoms with Crippen LogP contribution >= 0.6 is 7.82 Å². The third-order valence-electron chi connectivity index (χ3n) is 9.08. The largest absolute Gasteiger partial charge is 0.472 e. The van der Waals surface area contributed by atoms with E-state index in [0.29, 0.717) is 12.8 Å². The van der Waals surface area contributed by atoms with Gasteiger partial charge in [-0.15, -0.1) is 0 Å². The second kappa shape index (κ2) is 38.7. The summed E-state index contributed by atoms with van der Waals surface area (Å²) >= 11 is 0. The van der Waals surface area contributed by atoms with Crippen molar-refractivity contribution in [1.82, 2.24) is 0 Å². The number of allylic oxidation sites excluding steroid dienone is 4. The van der Waals surface area contributed by atoms with E-state index in [2.05, 4.69) is 42.7 Å². The predicted octanol–water partition coefficient (Wildman–Crippen LogP) is 11.0. The van der Waals surface area contributed by atoms with Crippen LogP contribution in [0.1, 0.15) is 194 Å². The number of phosphoric acid groups is 1. The zero-order valence-corrected chi connectivity index (χ0v) is 34.6. The van der Waals surface area contributed by atoms with E-state index in [1.165, 1.54) is 83.5 Å². The van der Waals surface area contributed by atoms with Crippen LogP contribution in [0.2, 0.25) is 0 Å². The fraction of sp³-hybridized carbons (Fsp3) is 0.857. The molecular weight excluding hydrogens is 695 g/mol. The van der Waals surface area contributed by atoms with Crippen LogP contribution < -0.4 is 0 Å². The van der Waals surface area contributed by atoms with Crippen LogP contribution in [0.25, 0.3) is 0 Å². The molecule has 3 atom stereocenters. The first kappa shape index (κ1) is 51.5. The highest BCUT2D eigenvalue weighted by molar-refractivity contribution is 7.47. The normalized spacial score (nSPS) is 14.1. The Morgan fingerprint density at radius 3 is 1.36 bits per heavy atom. The first-order chi connectivity index (χ1) is 25.7. The summed E-state index contributed by atoms with van der Waals surface area (Å²) in [4.78, 5) is 34.9. The molecule has 0 aliphatic heterocycles. The quantitative estimate of drug-likeness (QED) is 0.0238. The molecule has 0 aromatic rings. The molecule has 1 unspecified atom stereocenters. The molecule has 0 rings (SSSR count). The maximum atomic E-state index is 12.6. The maximum Gasteiger partial charge on any atom is 0.472 e. The van der Waals surface area contributed by atoms with Gasteiger partial charge in [0, 0.05) is 12.8 Å². The standard InChI is InChI=1S/C42H79O10P/c1-3-5-7-9-11-13-15-17-19-21-23-25-27-29-31-33-41(45)49-37-40(38-51-53(47,48)50-36-39(44)35-43)52-42(46)34-32-30-28-26-24-22-20-18-16-14-12-10-8-6-4-2/h17-20,39-40,43-44H,3-16,21-38H2,1-2H3,(H,47,48)/b19-17-,20-18-/t39-,40+/m0/s1. The molecule has 0 aliphatic rings. The van der Waals surface area contributed by atoms with Crippen LogP contribution in [0, 0.1) is 0 Å². The molecule has 53 heavy (non-hydrogen) atoms. The minimum atomic E-state index is -4.62. The number of esters is 2. The summed E-state index contributed by atoms with van der Waals surface area (Å²) in [6, 6.07) is 0. The first-order valence-electron chi connectivity index (χ1n) is 21.3. The molecule has 10 nitrogen and oxygen atoms in total. The van der Waals surface area contributed by atoms with Gasteiger partial charge in [0.05, 0.1) is 19.8 Å². The number of aliphatic hydroxyl groups is 2.